The Labute approximate surface area is 158 Å². The zero-order chi connectivity index (χ0) is 18.2. The molecule has 0 spiro atoms. The minimum Gasteiger partial charge on any atom is -0.431 e. The number of halogens is 1. The molecule has 0 atom stereocenters. The van der Waals surface area contributed by atoms with E-state index in [0.717, 1.165) is 52.0 Å². The van der Waals surface area contributed by atoms with E-state index in [-0.39, 0.29) is 5.41 Å². The summed E-state index contributed by atoms with van der Waals surface area (Å²) in [5, 5.41) is 0.609. The van der Waals surface area contributed by atoms with Crippen LogP contribution in [-0.2, 0) is 5.41 Å². The summed E-state index contributed by atoms with van der Waals surface area (Å²) in [4.78, 5) is 11.2. The van der Waals surface area contributed by atoms with E-state index in [1.54, 1.807) is 0 Å². The summed E-state index contributed by atoms with van der Waals surface area (Å²) >= 11 is 7.78. The Balaban J connectivity index is 1.82. The van der Waals surface area contributed by atoms with Gasteiger partial charge in [0.25, 0.3) is 5.19 Å². The molecule has 6 heteroatoms. The molecule has 4 nitrogen and oxygen atoms in total. The summed E-state index contributed by atoms with van der Waals surface area (Å²) in [6, 6.07) is 4.06. The number of thiazole rings is 1. The molecule has 1 saturated carbocycles. The van der Waals surface area contributed by atoms with E-state index < -0.39 is 0 Å². The summed E-state index contributed by atoms with van der Waals surface area (Å²) in [5.74, 6) is 0.804. The van der Waals surface area contributed by atoms with Gasteiger partial charge in [0.05, 0.1) is 17.7 Å². The first-order valence-corrected chi connectivity index (χ1v) is 9.72. The second-order valence-electron chi connectivity index (χ2n) is 6.99. The molecule has 0 amide bonds. The first-order chi connectivity index (χ1) is 11.8. The van der Waals surface area contributed by atoms with Gasteiger partial charge in [-0.15, -0.1) is 0 Å². The number of aliphatic imine (C=N–C) groups is 1. The van der Waals surface area contributed by atoms with Crippen molar-refractivity contribution in [1.82, 2.24) is 9.88 Å². The van der Waals surface area contributed by atoms with Crippen molar-refractivity contribution in [2.24, 2.45) is 4.99 Å². The number of rotatable bonds is 6. The number of hydrogen-bond donors (Lipinski definition) is 0. The summed E-state index contributed by atoms with van der Waals surface area (Å²) < 4.78 is 6.78. The van der Waals surface area contributed by atoms with E-state index in [1.807, 2.05) is 44.3 Å². The molecule has 0 N–H and O–H groups in total. The van der Waals surface area contributed by atoms with E-state index in [1.165, 1.54) is 11.3 Å². The van der Waals surface area contributed by atoms with Crippen LogP contribution in [0, 0.1) is 13.8 Å². The van der Waals surface area contributed by atoms with Crippen LogP contribution < -0.4 is 4.74 Å². The van der Waals surface area contributed by atoms with Gasteiger partial charge in [0.15, 0.2) is 0 Å². The second-order valence-corrected chi connectivity index (χ2v) is 8.55. The topological polar surface area (TPSA) is 37.7 Å². The van der Waals surface area contributed by atoms with Crippen LogP contribution in [0.4, 0.5) is 5.69 Å². The Morgan fingerprint density at radius 2 is 2.08 bits per heavy atom. The lowest BCUT2D eigenvalue weighted by atomic mass is 10.1. The molecule has 0 saturated heterocycles. The molecule has 1 aromatic carbocycles. The normalized spacial score (nSPS) is 15.6. The lowest BCUT2D eigenvalue weighted by molar-refractivity contribution is 0.471. The molecule has 1 aromatic heterocycles. The summed E-state index contributed by atoms with van der Waals surface area (Å²) in [5.41, 5.74) is 4.17. The van der Waals surface area contributed by atoms with Gasteiger partial charge in [-0.05, 0) is 56.9 Å². The van der Waals surface area contributed by atoms with E-state index in [4.69, 9.17) is 16.3 Å². The lowest BCUT2D eigenvalue weighted by Gasteiger charge is -2.11. The standard InChI is InChI=1S/C19H24ClN3OS/c1-6-23(5)11-21-14-9-13(3)15(10-12(14)2)24-18-22-16(17(20)25-18)19(4)7-8-19/h9-11H,6-8H2,1-5H3. The van der Waals surface area contributed by atoms with E-state index >= 15 is 0 Å². The Kier molecular flexibility index (Phi) is 5.07. The van der Waals surface area contributed by atoms with Crippen molar-refractivity contribution in [1.29, 1.82) is 0 Å². The van der Waals surface area contributed by atoms with Gasteiger partial charge in [-0.3, -0.25) is 0 Å². The highest BCUT2D eigenvalue weighted by Crippen LogP contribution is 2.52. The van der Waals surface area contributed by atoms with Gasteiger partial charge < -0.3 is 9.64 Å². The highest BCUT2D eigenvalue weighted by atomic mass is 35.5. The number of aromatic nitrogens is 1. The predicted molar refractivity (Wildman–Crippen MR) is 106 cm³/mol. The third-order valence-corrected chi connectivity index (χ3v) is 5.85. The summed E-state index contributed by atoms with van der Waals surface area (Å²) in [6.45, 7) is 9.28. The van der Waals surface area contributed by atoms with Crippen LogP contribution in [-0.4, -0.2) is 29.8 Å². The van der Waals surface area contributed by atoms with E-state index in [2.05, 4.69) is 23.8 Å². The largest absolute Gasteiger partial charge is 0.431 e. The van der Waals surface area contributed by atoms with Crippen LogP contribution in [0.2, 0.25) is 4.34 Å². The molecule has 2 aromatic rings. The van der Waals surface area contributed by atoms with Gasteiger partial charge in [0.1, 0.15) is 10.1 Å². The van der Waals surface area contributed by atoms with Crippen molar-refractivity contribution in [2.75, 3.05) is 13.6 Å². The molecule has 0 radical (unpaired) electrons. The minimum atomic E-state index is 0.143. The average Bonchev–Trinajstić information content (AvgIpc) is 3.20. The van der Waals surface area contributed by atoms with Crippen molar-refractivity contribution in [3.05, 3.63) is 33.3 Å². The first kappa shape index (κ1) is 18.2. The van der Waals surface area contributed by atoms with Gasteiger partial charge in [0.2, 0.25) is 0 Å². The fourth-order valence-corrected chi connectivity index (χ4v) is 3.76. The quantitative estimate of drug-likeness (QED) is 0.466. The van der Waals surface area contributed by atoms with Crippen LogP contribution in [0.15, 0.2) is 17.1 Å². The number of hydrogen-bond acceptors (Lipinski definition) is 4. The number of ether oxygens (including phenoxy) is 1. The molecule has 1 aliphatic rings. The van der Waals surface area contributed by atoms with Gasteiger partial charge in [0, 0.05) is 19.0 Å². The van der Waals surface area contributed by atoms with E-state index in [9.17, 15) is 0 Å². The third-order valence-electron chi connectivity index (χ3n) is 4.72. The Morgan fingerprint density at radius 1 is 1.36 bits per heavy atom. The molecule has 1 fully saturated rings. The van der Waals surface area contributed by atoms with Crippen LogP contribution in [0.5, 0.6) is 10.9 Å². The zero-order valence-electron chi connectivity index (χ0n) is 15.4. The smallest absolute Gasteiger partial charge is 0.280 e. The highest BCUT2D eigenvalue weighted by molar-refractivity contribution is 7.17. The fourth-order valence-electron chi connectivity index (χ4n) is 2.48. The van der Waals surface area contributed by atoms with Crippen molar-refractivity contribution in [3.63, 3.8) is 0 Å². The predicted octanol–water partition coefficient (Wildman–Crippen LogP) is 5.87. The summed E-state index contributed by atoms with van der Waals surface area (Å²) in [7, 11) is 2.01. The lowest BCUT2D eigenvalue weighted by Crippen LogP contribution is -2.14. The van der Waals surface area contributed by atoms with Crippen molar-refractivity contribution < 1.29 is 4.74 Å². The Hall–Kier alpha value is -1.59. The van der Waals surface area contributed by atoms with Gasteiger partial charge in [-0.25, -0.2) is 9.98 Å². The van der Waals surface area contributed by atoms with Gasteiger partial charge in [-0.2, -0.15) is 0 Å². The van der Waals surface area contributed by atoms with Crippen molar-refractivity contribution >= 4 is 35.0 Å². The molecular formula is C19H24ClN3OS. The minimum absolute atomic E-state index is 0.143. The molecule has 0 bridgehead atoms. The Morgan fingerprint density at radius 3 is 2.72 bits per heavy atom. The molecule has 0 unspecified atom stereocenters. The third kappa shape index (κ3) is 3.98. The average molecular weight is 378 g/mol. The van der Waals surface area contributed by atoms with E-state index in [0.29, 0.717) is 5.19 Å². The van der Waals surface area contributed by atoms with Crippen molar-refractivity contribution in [2.45, 2.75) is 46.0 Å². The first-order valence-electron chi connectivity index (χ1n) is 8.53. The van der Waals surface area contributed by atoms with Gasteiger partial charge in [-0.1, -0.05) is 29.9 Å². The van der Waals surface area contributed by atoms with Crippen LogP contribution in [0.3, 0.4) is 0 Å². The molecule has 1 heterocycles. The number of nitrogens with zero attached hydrogens (tertiary/aromatic N) is 3. The molecule has 134 valence electrons. The van der Waals surface area contributed by atoms with Crippen LogP contribution in [0.1, 0.15) is 43.5 Å². The monoisotopic (exact) mass is 377 g/mol. The molecule has 0 aliphatic heterocycles. The van der Waals surface area contributed by atoms with Crippen LogP contribution >= 0.6 is 22.9 Å². The zero-order valence-corrected chi connectivity index (χ0v) is 17.0. The maximum Gasteiger partial charge on any atom is 0.280 e. The maximum atomic E-state index is 6.37. The maximum absolute atomic E-state index is 6.37. The number of aryl methyl sites for hydroxylation is 2. The fraction of sp³-hybridized carbons (Fsp3) is 0.474. The number of benzene rings is 1. The summed E-state index contributed by atoms with van der Waals surface area (Å²) in [6.07, 6.45) is 4.14. The molecule has 3 rings (SSSR count). The van der Waals surface area contributed by atoms with Gasteiger partial charge >= 0.3 is 0 Å². The van der Waals surface area contributed by atoms with Crippen LogP contribution in [0.25, 0.3) is 0 Å². The Bertz CT molecular complexity index is 811. The molecule has 1 aliphatic carbocycles. The molecule has 25 heavy (non-hydrogen) atoms. The highest BCUT2D eigenvalue weighted by Gasteiger charge is 2.43. The van der Waals surface area contributed by atoms with Crippen molar-refractivity contribution in [3.8, 4) is 10.9 Å². The second kappa shape index (κ2) is 6.96. The molecular weight excluding hydrogens is 354 g/mol. The SMILES string of the molecule is CCN(C)C=Nc1cc(C)c(Oc2nc(C3(C)CC3)c(Cl)s2)cc1C.